The Morgan fingerprint density at radius 1 is 1.28 bits per heavy atom. The Hall–Kier alpha value is -0.910. The van der Waals surface area contributed by atoms with Crippen LogP contribution in [0.5, 0.6) is 0 Å². The largest absolute Gasteiger partial charge is 0.362 e. The van der Waals surface area contributed by atoms with Crippen LogP contribution in [0.25, 0.3) is 0 Å². The summed E-state index contributed by atoms with van der Waals surface area (Å²) in [5.41, 5.74) is 0.984. The van der Waals surface area contributed by atoms with Crippen molar-refractivity contribution in [3.63, 3.8) is 0 Å². The Morgan fingerprint density at radius 2 is 2.17 bits per heavy atom. The van der Waals surface area contributed by atoms with E-state index >= 15 is 0 Å². The van der Waals surface area contributed by atoms with E-state index in [1.807, 2.05) is 24.3 Å². The molecule has 5 heteroatoms. The summed E-state index contributed by atoms with van der Waals surface area (Å²) in [6.07, 6.45) is 0.998. The minimum atomic E-state index is 0.657. The minimum Gasteiger partial charge on any atom is -0.362 e. The maximum atomic E-state index is 5.24. The van der Waals surface area contributed by atoms with Gasteiger partial charge in [-0.1, -0.05) is 28.1 Å². The highest BCUT2D eigenvalue weighted by Gasteiger charge is 1.98. The van der Waals surface area contributed by atoms with Crippen molar-refractivity contribution in [2.24, 2.45) is 0 Å². The Morgan fingerprint density at radius 3 is 2.89 bits per heavy atom. The van der Waals surface area contributed by atoms with Gasteiger partial charge < -0.3 is 10.6 Å². The summed E-state index contributed by atoms with van der Waals surface area (Å²) in [4.78, 5) is 1.37. The van der Waals surface area contributed by atoms with Gasteiger partial charge in [-0.3, -0.25) is 0 Å². The van der Waals surface area contributed by atoms with Crippen LogP contribution in [-0.4, -0.2) is 11.7 Å². The molecule has 2 rings (SSSR count). The fourth-order valence-electron chi connectivity index (χ4n) is 1.50. The number of rotatable bonds is 4. The van der Waals surface area contributed by atoms with Crippen LogP contribution in [0.15, 0.2) is 46.3 Å². The topological polar surface area (TPSA) is 24.1 Å². The fraction of sp³-hybridized carbons (Fsp3) is 0.154. The molecule has 1 aromatic carbocycles. The predicted molar refractivity (Wildman–Crippen MR) is 86.4 cm³/mol. The molecule has 2 nitrogen and oxygen atoms in total. The number of anilines is 1. The second-order valence-electron chi connectivity index (χ2n) is 3.72. The van der Waals surface area contributed by atoms with Gasteiger partial charge in [0.2, 0.25) is 0 Å². The van der Waals surface area contributed by atoms with Crippen molar-refractivity contribution < 1.29 is 0 Å². The third-order valence-electron chi connectivity index (χ3n) is 2.32. The van der Waals surface area contributed by atoms with Gasteiger partial charge in [0.15, 0.2) is 5.11 Å². The fourth-order valence-corrected chi connectivity index (χ4v) is 2.82. The van der Waals surface area contributed by atoms with E-state index in [2.05, 4.69) is 44.1 Å². The van der Waals surface area contributed by atoms with Gasteiger partial charge in [-0.15, -0.1) is 11.3 Å². The van der Waals surface area contributed by atoms with Gasteiger partial charge in [-0.2, -0.15) is 0 Å². The Balaban J connectivity index is 1.75. The third-order valence-corrected chi connectivity index (χ3v) is 4.00. The molecule has 2 N–H and O–H groups in total. The number of hydrogen-bond acceptors (Lipinski definition) is 2. The first-order chi connectivity index (χ1) is 8.74. The number of benzene rings is 1. The molecule has 0 aliphatic heterocycles. The van der Waals surface area contributed by atoms with Crippen molar-refractivity contribution in [2.75, 3.05) is 11.9 Å². The predicted octanol–water partition coefficient (Wildman–Crippen LogP) is 4.04. The maximum Gasteiger partial charge on any atom is 0.170 e. The SMILES string of the molecule is S=C(NCCc1cccs1)Nc1cccc(Br)c1. The Labute approximate surface area is 125 Å². The highest BCUT2D eigenvalue weighted by molar-refractivity contribution is 9.10. The van der Waals surface area contributed by atoms with Crippen LogP contribution >= 0.6 is 39.5 Å². The molecule has 0 aliphatic rings. The summed E-state index contributed by atoms with van der Waals surface area (Å²) in [7, 11) is 0. The molecule has 1 aromatic heterocycles. The second-order valence-corrected chi connectivity index (χ2v) is 6.08. The van der Waals surface area contributed by atoms with Gasteiger partial charge in [0, 0.05) is 21.6 Å². The number of halogens is 1. The molecule has 0 unspecified atom stereocenters. The van der Waals surface area contributed by atoms with Gasteiger partial charge in [-0.25, -0.2) is 0 Å². The lowest BCUT2D eigenvalue weighted by atomic mass is 10.3. The maximum absolute atomic E-state index is 5.24. The number of nitrogens with one attached hydrogen (secondary N) is 2. The molecule has 0 atom stereocenters. The molecule has 1 heterocycles. The molecule has 0 saturated carbocycles. The highest BCUT2D eigenvalue weighted by Crippen LogP contribution is 2.15. The van der Waals surface area contributed by atoms with Crippen LogP contribution in [0.2, 0.25) is 0 Å². The zero-order valence-corrected chi connectivity index (χ0v) is 12.9. The Bertz CT molecular complexity index is 511. The lowest BCUT2D eigenvalue weighted by Crippen LogP contribution is -2.30. The van der Waals surface area contributed by atoms with Crippen LogP contribution in [0, 0.1) is 0 Å². The molecule has 0 saturated heterocycles. The average molecular weight is 341 g/mol. The summed E-state index contributed by atoms with van der Waals surface area (Å²) in [6.45, 7) is 0.848. The molecule has 18 heavy (non-hydrogen) atoms. The zero-order valence-electron chi connectivity index (χ0n) is 9.65. The average Bonchev–Trinajstić information content (AvgIpc) is 2.82. The van der Waals surface area contributed by atoms with Crippen molar-refractivity contribution >= 4 is 50.3 Å². The number of thiophene rings is 1. The first-order valence-corrected chi connectivity index (χ1v) is 7.65. The van der Waals surface area contributed by atoms with Gasteiger partial charge in [0.25, 0.3) is 0 Å². The van der Waals surface area contributed by atoms with E-state index in [9.17, 15) is 0 Å². The van der Waals surface area contributed by atoms with E-state index in [4.69, 9.17) is 12.2 Å². The van der Waals surface area contributed by atoms with Gasteiger partial charge in [0.05, 0.1) is 0 Å². The Kier molecular flexibility index (Phi) is 5.16. The zero-order chi connectivity index (χ0) is 12.8. The normalized spacial score (nSPS) is 10.1. The lowest BCUT2D eigenvalue weighted by Gasteiger charge is -2.10. The summed E-state index contributed by atoms with van der Waals surface area (Å²) < 4.78 is 1.04. The highest BCUT2D eigenvalue weighted by atomic mass is 79.9. The molecule has 2 aromatic rings. The molecule has 0 amide bonds. The minimum absolute atomic E-state index is 0.657. The van der Waals surface area contributed by atoms with Gasteiger partial charge >= 0.3 is 0 Å². The van der Waals surface area contributed by atoms with Crippen LogP contribution in [0.4, 0.5) is 5.69 Å². The summed E-state index contributed by atoms with van der Waals surface area (Å²) in [6, 6.07) is 12.1. The quantitative estimate of drug-likeness (QED) is 0.821. The molecule has 0 spiro atoms. The monoisotopic (exact) mass is 340 g/mol. The van der Waals surface area contributed by atoms with E-state index in [0.717, 1.165) is 23.1 Å². The van der Waals surface area contributed by atoms with Crippen LogP contribution in [-0.2, 0) is 6.42 Å². The molecule has 0 radical (unpaired) electrons. The van der Waals surface area contributed by atoms with Crippen LogP contribution < -0.4 is 10.6 Å². The lowest BCUT2D eigenvalue weighted by molar-refractivity contribution is 0.885. The number of hydrogen-bond donors (Lipinski definition) is 2. The third kappa shape index (κ3) is 4.40. The van der Waals surface area contributed by atoms with Gasteiger partial charge in [-0.05, 0) is 48.3 Å². The molecular formula is C13H13BrN2S2. The summed E-state index contributed by atoms with van der Waals surface area (Å²) in [5.74, 6) is 0. The first-order valence-electron chi connectivity index (χ1n) is 5.57. The van der Waals surface area contributed by atoms with E-state index in [1.54, 1.807) is 11.3 Å². The summed E-state index contributed by atoms with van der Waals surface area (Å²) in [5, 5.41) is 9.10. The van der Waals surface area contributed by atoms with E-state index in [0.29, 0.717) is 5.11 Å². The smallest absolute Gasteiger partial charge is 0.170 e. The number of thiocarbonyl (C=S) groups is 1. The standard InChI is InChI=1S/C13H13BrN2S2/c14-10-3-1-4-11(9-10)16-13(17)15-7-6-12-5-2-8-18-12/h1-5,8-9H,6-7H2,(H2,15,16,17). The van der Waals surface area contributed by atoms with E-state index < -0.39 is 0 Å². The molecular weight excluding hydrogens is 328 g/mol. The summed E-state index contributed by atoms with van der Waals surface area (Å²) >= 11 is 10.4. The molecule has 94 valence electrons. The van der Waals surface area contributed by atoms with Crippen molar-refractivity contribution in [2.45, 2.75) is 6.42 Å². The van der Waals surface area contributed by atoms with Crippen molar-refractivity contribution in [3.05, 3.63) is 51.1 Å². The molecule has 0 bridgehead atoms. The van der Waals surface area contributed by atoms with Gasteiger partial charge in [0.1, 0.15) is 0 Å². The van der Waals surface area contributed by atoms with Crippen LogP contribution in [0.3, 0.4) is 0 Å². The first kappa shape index (κ1) is 13.5. The van der Waals surface area contributed by atoms with Crippen molar-refractivity contribution in [1.29, 1.82) is 0 Å². The molecule has 0 aliphatic carbocycles. The van der Waals surface area contributed by atoms with E-state index in [1.165, 1.54) is 4.88 Å². The van der Waals surface area contributed by atoms with Crippen LogP contribution in [0.1, 0.15) is 4.88 Å². The second kappa shape index (κ2) is 6.87. The van der Waals surface area contributed by atoms with E-state index in [-0.39, 0.29) is 0 Å². The van der Waals surface area contributed by atoms with Crippen molar-refractivity contribution in [1.82, 2.24) is 5.32 Å². The van der Waals surface area contributed by atoms with Crippen molar-refractivity contribution in [3.8, 4) is 0 Å². The molecule has 0 fully saturated rings.